The average Bonchev–Trinajstić information content (AvgIpc) is 3.44. The molecule has 26 heavy (non-hydrogen) atoms. The highest BCUT2D eigenvalue weighted by Crippen LogP contribution is 2.30. The number of amides is 1. The molecule has 2 aromatic rings. The van der Waals surface area contributed by atoms with Gasteiger partial charge in [-0.15, -0.1) is 5.10 Å². The minimum Gasteiger partial charge on any atom is -0.298 e. The number of aldehydes is 1. The number of anilines is 1. The fraction of sp³-hybridized carbons (Fsp3) is 0.300. The highest BCUT2D eigenvalue weighted by molar-refractivity contribution is 5.93. The first-order valence-electron chi connectivity index (χ1n) is 8.77. The third-order valence-electron chi connectivity index (χ3n) is 3.84. The maximum absolute atomic E-state index is 11.8. The Hall–Kier alpha value is -3.02. The van der Waals surface area contributed by atoms with Gasteiger partial charge < -0.3 is 0 Å². The van der Waals surface area contributed by atoms with Crippen molar-refractivity contribution in [3.05, 3.63) is 54.3 Å². The normalized spacial score (nSPS) is 14.0. The van der Waals surface area contributed by atoms with Crippen LogP contribution in [0.25, 0.3) is 11.2 Å². The van der Waals surface area contributed by atoms with Gasteiger partial charge in [0.2, 0.25) is 11.9 Å². The Kier molecular flexibility index (Phi) is 6.60. The van der Waals surface area contributed by atoms with E-state index in [1.807, 2.05) is 26.0 Å². The molecule has 0 atom stereocenters. The molecule has 1 aliphatic rings. The van der Waals surface area contributed by atoms with E-state index < -0.39 is 0 Å². The molecule has 3 rings (SSSR count). The predicted octanol–water partition coefficient (Wildman–Crippen LogP) is 3.82. The van der Waals surface area contributed by atoms with Crippen molar-refractivity contribution in [2.24, 2.45) is 5.92 Å². The Morgan fingerprint density at radius 2 is 2.08 bits per heavy atom. The lowest BCUT2D eigenvalue weighted by atomic mass is 10.1. The number of hydrogen-bond donors (Lipinski definition) is 1. The van der Waals surface area contributed by atoms with Gasteiger partial charge in [0.05, 0.1) is 0 Å². The Labute approximate surface area is 153 Å². The fourth-order valence-electron chi connectivity index (χ4n) is 2.26. The number of aromatic nitrogens is 3. The van der Waals surface area contributed by atoms with E-state index in [1.165, 1.54) is 0 Å². The molecule has 0 bridgehead atoms. The molecule has 0 radical (unpaired) electrons. The molecule has 1 amide bonds. The summed E-state index contributed by atoms with van der Waals surface area (Å²) in [7, 11) is 0. The van der Waals surface area contributed by atoms with Crippen LogP contribution in [0.5, 0.6) is 0 Å². The lowest BCUT2D eigenvalue weighted by Gasteiger charge is -2.01. The summed E-state index contributed by atoms with van der Waals surface area (Å²) in [4.78, 5) is 27.1. The number of nitrogens with one attached hydrogen (secondary N) is 1. The van der Waals surface area contributed by atoms with E-state index in [0.717, 1.165) is 24.7 Å². The molecule has 0 aromatic carbocycles. The Balaban J connectivity index is 0.00000117. The summed E-state index contributed by atoms with van der Waals surface area (Å²) in [6.45, 7) is 9.82. The number of carbonyl (C=O) groups excluding carboxylic acids is 2. The van der Waals surface area contributed by atoms with Crippen LogP contribution >= 0.6 is 0 Å². The number of allylic oxidation sites excluding steroid dienone is 5. The molecule has 6 heteroatoms. The maximum Gasteiger partial charge on any atom is 0.249 e. The van der Waals surface area contributed by atoms with Gasteiger partial charge >= 0.3 is 0 Å². The quantitative estimate of drug-likeness (QED) is 0.487. The molecule has 6 nitrogen and oxygen atoms in total. The second-order valence-electron chi connectivity index (χ2n) is 5.65. The van der Waals surface area contributed by atoms with Crippen LogP contribution < -0.4 is 5.32 Å². The number of fused-ring (bicyclic) bond motifs is 1. The van der Waals surface area contributed by atoms with E-state index in [0.29, 0.717) is 16.8 Å². The first-order valence-corrected chi connectivity index (χ1v) is 8.77. The smallest absolute Gasteiger partial charge is 0.249 e. The van der Waals surface area contributed by atoms with Crippen molar-refractivity contribution < 1.29 is 9.59 Å². The molecule has 0 aliphatic heterocycles. The van der Waals surface area contributed by atoms with Crippen molar-refractivity contribution in [2.75, 3.05) is 5.32 Å². The van der Waals surface area contributed by atoms with E-state index in [4.69, 9.17) is 0 Å². The van der Waals surface area contributed by atoms with Gasteiger partial charge in [-0.1, -0.05) is 38.7 Å². The molecule has 2 heterocycles. The van der Waals surface area contributed by atoms with Crippen LogP contribution in [0.3, 0.4) is 0 Å². The number of hydrogen-bond acceptors (Lipinski definition) is 4. The van der Waals surface area contributed by atoms with E-state index >= 15 is 0 Å². The van der Waals surface area contributed by atoms with Gasteiger partial charge in [-0.25, -0.2) is 4.52 Å². The van der Waals surface area contributed by atoms with Crippen molar-refractivity contribution in [3.8, 4) is 0 Å². The number of carbonyl (C=O) groups is 2. The fourth-order valence-corrected chi connectivity index (χ4v) is 2.26. The zero-order valence-corrected chi connectivity index (χ0v) is 15.4. The molecule has 0 saturated heterocycles. The van der Waals surface area contributed by atoms with Gasteiger partial charge in [-0.05, 0) is 37.5 Å². The van der Waals surface area contributed by atoms with Crippen molar-refractivity contribution in [3.63, 3.8) is 0 Å². The highest BCUT2D eigenvalue weighted by atomic mass is 16.2. The van der Waals surface area contributed by atoms with Crippen LogP contribution in [0.15, 0.2) is 48.7 Å². The van der Waals surface area contributed by atoms with Crippen LogP contribution in [0.2, 0.25) is 0 Å². The molecule has 0 spiro atoms. The molecule has 1 fully saturated rings. The summed E-state index contributed by atoms with van der Waals surface area (Å²) in [6.07, 6.45) is 9.58. The Morgan fingerprint density at radius 1 is 1.35 bits per heavy atom. The van der Waals surface area contributed by atoms with Crippen LogP contribution in [-0.2, 0) is 9.59 Å². The third-order valence-corrected chi connectivity index (χ3v) is 3.84. The molecule has 1 N–H and O–H groups in total. The zero-order chi connectivity index (χ0) is 19.1. The molecular weight excluding hydrogens is 328 g/mol. The molecule has 136 valence electrons. The van der Waals surface area contributed by atoms with Crippen LogP contribution in [0, 0.1) is 5.92 Å². The summed E-state index contributed by atoms with van der Waals surface area (Å²) in [6, 6.07) is 3.71. The first kappa shape index (κ1) is 19.3. The lowest BCUT2D eigenvalue weighted by Crippen LogP contribution is -2.14. The van der Waals surface area contributed by atoms with Gasteiger partial charge in [0.1, 0.15) is 6.29 Å². The summed E-state index contributed by atoms with van der Waals surface area (Å²) < 4.78 is 1.60. The summed E-state index contributed by atoms with van der Waals surface area (Å²) >= 11 is 0. The standard InChI is InChI=1S/C18H18N4O2.C2H6/c1-3-13(11-23)7-6-12(2)15-5-4-10-22-16(15)19-18(21-22)20-17(24)14-8-9-14;1-2/h3-7,10-11,14H,2,8-9H2,1H3,(H,20,21,24);1-2H3/b7-6-,13-3+;. The lowest BCUT2D eigenvalue weighted by molar-refractivity contribution is -0.117. The monoisotopic (exact) mass is 352 g/mol. The van der Waals surface area contributed by atoms with E-state index in [9.17, 15) is 9.59 Å². The van der Waals surface area contributed by atoms with Crippen LogP contribution in [0.1, 0.15) is 39.2 Å². The summed E-state index contributed by atoms with van der Waals surface area (Å²) in [5.74, 6) is 0.352. The van der Waals surface area contributed by atoms with Crippen molar-refractivity contribution in [2.45, 2.75) is 33.6 Å². The predicted molar refractivity (Wildman–Crippen MR) is 104 cm³/mol. The largest absolute Gasteiger partial charge is 0.298 e. The molecular formula is C20H24N4O2. The molecule has 1 saturated carbocycles. The SMILES string of the molecule is C=C(/C=C\C(C=O)=C/C)c1cccn2nc(NC(=O)C3CC3)nc12.CC. The number of nitrogens with zero attached hydrogens (tertiary/aromatic N) is 3. The van der Waals surface area contributed by atoms with Crippen LogP contribution in [0.4, 0.5) is 5.95 Å². The van der Waals surface area contributed by atoms with Crippen LogP contribution in [-0.4, -0.2) is 26.8 Å². The number of pyridine rings is 1. The summed E-state index contributed by atoms with van der Waals surface area (Å²) in [5.41, 5.74) is 2.66. The van der Waals surface area contributed by atoms with Gasteiger partial charge in [0.15, 0.2) is 5.65 Å². The average molecular weight is 352 g/mol. The molecule has 1 aliphatic carbocycles. The van der Waals surface area contributed by atoms with Crippen molar-refractivity contribution in [1.29, 1.82) is 0 Å². The zero-order valence-electron chi connectivity index (χ0n) is 15.4. The summed E-state index contributed by atoms with van der Waals surface area (Å²) in [5, 5.41) is 7.02. The first-order chi connectivity index (χ1) is 12.6. The second kappa shape index (κ2) is 8.89. The van der Waals surface area contributed by atoms with Gasteiger partial charge in [0.25, 0.3) is 0 Å². The third kappa shape index (κ3) is 4.53. The maximum atomic E-state index is 11.8. The molecule has 0 unspecified atom stereocenters. The van der Waals surface area contributed by atoms with Gasteiger partial charge in [-0.3, -0.25) is 14.9 Å². The minimum absolute atomic E-state index is 0.0325. The Bertz CT molecular complexity index is 873. The molecule has 2 aromatic heterocycles. The highest BCUT2D eigenvalue weighted by Gasteiger charge is 2.30. The van der Waals surface area contributed by atoms with Crippen molar-refractivity contribution in [1.82, 2.24) is 14.6 Å². The van der Waals surface area contributed by atoms with E-state index in [-0.39, 0.29) is 17.8 Å². The van der Waals surface area contributed by atoms with Gasteiger partial charge in [0, 0.05) is 23.3 Å². The van der Waals surface area contributed by atoms with E-state index in [2.05, 4.69) is 22.0 Å². The minimum atomic E-state index is -0.0325. The second-order valence-corrected chi connectivity index (χ2v) is 5.65. The van der Waals surface area contributed by atoms with Gasteiger partial charge in [-0.2, -0.15) is 4.98 Å². The Morgan fingerprint density at radius 3 is 2.69 bits per heavy atom. The topological polar surface area (TPSA) is 76.4 Å². The number of rotatable bonds is 6. The van der Waals surface area contributed by atoms with Crippen molar-refractivity contribution >= 4 is 29.4 Å². The van der Waals surface area contributed by atoms with E-state index in [1.54, 1.807) is 35.9 Å².